The predicted molar refractivity (Wildman–Crippen MR) is 125 cm³/mol. The molecule has 1 aromatic carbocycles. The Labute approximate surface area is 206 Å². The molecule has 3 rings (SSSR count). The van der Waals surface area contributed by atoms with Crippen LogP contribution in [0.25, 0.3) is 22.5 Å². The fourth-order valence-electron chi connectivity index (χ4n) is 3.67. The van der Waals surface area contributed by atoms with E-state index in [0.717, 1.165) is 61.4 Å². The second-order valence-electron chi connectivity index (χ2n) is 8.17. The molecule has 0 saturated carbocycles. The number of unbranched alkanes of at least 4 members (excludes halogenated alkanes) is 5. The highest BCUT2D eigenvalue weighted by atomic mass is 79.9. The molecular weight excluding hydrogens is 503 g/mol. The smallest absolute Gasteiger partial charge is 0.325 e. The van der Waals surface area contributed by atoms with E-state index in [9.17, 15) is 4.57 Å². The molecule has 0 aliphatic carbocycles. The lowest BCUT2D eigenvalue weighted by Gasteiger charge is -2.05. The Morgan fingerprint density at radius 2 is 1.21 bits per heavy atom. The van der Waals surface area contributed by atoms with E-state index in [1.165, 1.54) is 5.56 Å². The summed E-state index contributed by atoms with van der Waals surface area (Å²) in [5.74, 6) is 2.16. The lowest BCUT2D eigenvalue weighted by atomic mass is 10.0. The molecule has 0 bridgehead atoms. The molecule has 0 amide bonds. The molecule has 2 N–H and O–H groups in total. The summed E-state index contributed by atoms with van der Waals surface area (Å²) < 4.78 is 13.0. The van der Waals surface area contributed by atoms with Crippen molar-refractivity contribution >= 4 is 7.60 Å². The third kappa shape index (κ3) is 9.41. The molecule has 0 atom stereocenters. The molecule has 3 aromatic rings. The molecule has 2 heterocycles. The highest BCUT2D eigenvalue weighted by Crippen LogP contribution is 2.35. The first kappa shape index (κ1) is 27.3. The molecule has 178 valence electrons. The van der Waals surface area contributed by atoms with E-state index >= 15 is 0 Å². The van der Waals surface area contributed by atoms with Gasteiger partial charge in [0.2, 0.25) is 0 Å². The molecule has 0 radical (unpaired) electrons. The number of hydrogen-bond donors (Lipinski definition) is 2. The Kier molecular flexibility index (Phi) is 10.8. The van der Waals surface area contributed by atoms with Gasteiger partial charge in [0.1, 0.15) is 18.2 Å². The summed E-state index contributed by atoms with van der Waals surface area (Å²) >= 11 is 0. The van der Waals surface area contributed by atoms with Crippen LogP contribution in [0.15, 0.2) is 48.8 Å². The maximum Gasteiger partial charge on any atom is 0.325 e. The second-order valence-corrected chi connectivity index (χ2v) is 9.94. The summed E-state index contributed by atoms with van der Waals surface area (Å²) in [7, 11) is -3.83. The molecule has 0 spiro atoms. The molecule has 33 heavy (non-hydrogen) atoms. The zero-order chi connectivity index (χ0) is 23.0. The quantitative estimate of drug-likeness (QED) is 0.220. The number of pyridine rings is 1. The maximum atomic E-state index is 10.8. The van der Waals surface area contributed by atoms with Crippen molar-refractivity contribution < 1.29 is 35.9 Å². The van der Waals surface area contributed by atoms with Gasteiger partial charge in [-0.25, -0.2) is 19.5 Å². The van der Waals surface area contributed by atoms with E-state index in [4.69, 9.17) is 9.79 Å². The van der Waals surface area contributed by atoms with Gasteiger partial charge in [0.15, 0.2) is 18.2 Å². The average molecular weight is 535 g/mol. The van der Waals surface area contributed by atoms with Gasteiger partial charge in [-0.3, -0.25) is 4.57 Å². The number of aromatic nitrogens is 4. The Morgan fingerprint density at radius 3 is 1.79 bits per heavy atom. The van der Waals surface area contributed by atoms with Crippen LogP contribution >= 0.6 is 7.60 Å². The van der Waals surface area contributed by atoms with Crippen LogP contribution in [0.5, 0.6) is 0 Å². The number of hydrogen-bond acceptors (Lipinski definition) is 4. The van der Waals surface area contributed by atoms with Gasteiger partial charge in [0.05, 0.1) is 0 Å². The van der Waals surface area contributed by atoms with Gasteiger partial charge in [-0.15, -0.1) is 0 Å². The highest BCUT2D eigenvalue weighted by Gasteiger charge is 2.11. The number of nitrogens with zero attached hydrogens (tertiary/aromatic N) is 4. The van der Waals surface area contributed by atoms with E-state index in [2.05, 4.69) is 56.2 Å². The van der Waals surface area contributed by atoms with Crippen LogP contribution in [0.2, 0.25) is 0 Å². The van der Waals surface area contributed by atoms with Crippen LogP contribution in [0, 0.1) is 13.8 Å². The standard InChI is InChI=1S/C24H31N4O3P.BrH/c1-19-25-20(2)27-24(26-19)23-11-9-21(10-12-23)22-13-16-28(17-14-22)15-7-5-3-4-6-8-18-32(29,30)31;/h9-14,16-17H,3-8,15,18H2,1-2H3,(H-,29,30,31);1H. The summed E-state index contributed by atoms with van der Waals surface area (Å²) in [6, 6.07) is 12.5. The van der Waals surface area contributed by atoms with E-state index < -0.39 is 7.60 Å². The molecule has 9 heteroatoms. The summed E-state index contributed by atoms with van der Waals surface area (Å²) in [4.78, 5) is 30.8. The van der Waals surface area contributed by atoms with Gasteiger partial charge >= 0.3 is 7.60 Å². The largest absolute Gasteiger partial charge is 1.00 e. The summed E-state index contributed by atoms with van der Waals surface area (Å²) in [5, 5.41) is 0. The third-order valence-electron chi connectivity index (χ3n) is 5.34. The minimum atomic E-state index is -3.83. The van der Waals surface area contributed by atoms with Crippen LogP contribution in [-0.4, -0.2) is 30.9 Å². The van der Waals surface area contributed by atoms with E-state index in [1.54, 1.807) is 0 Å². The first-order chi connectivity index (χ1) is 15.3. The molecular formula is C24H32BrN4O3P. The van der Waals surface area contributed by atoms with Crippen molar-refractivity contribution in [3.05, 3.63) is 60.4 Å². The van der Waals surface area contributed by atoms with Crippen molar-refractivity contribution in [3.63, 3.8) is 0 Å². The van der Waals surface area contributed by atoms with Crippen LogP contribution in [0.3, 0.4) is 0 Å². The molecule has 0 saturated heterocycles. The predicted octanol–water partition coefficient (Wildman–Crippen LogP) is 1.63. The number of rotatable bonds is 11. The van der Waals surface area contributed by atoms with E-state index in [-0.39, 0.29) is 23.1 Å². The Morgan fingerprint density at radius 1 is 0.727 bits per heavy atom. The van der Waals surface area contributed by atoms with Crippen molar-refractivity contribution in [3.8, 4) is 22.5 Å². The molecule has 0 aliphatic rings. The summed E-state index contributed by atoms with van der Waals surface area (Å²) in [5.41, 5.74) is 3.30. The Bertz CT molecular complexity index is 1040. The zero-order valence-electron chi connectivity index (χ0n) is 19.2. The number of halogens is 1. The third-order valence-corrected chi connectivity index (χ3v) is 6.24. The highest BCUT2D eigenvalue weighted by molar-refractivity contribution is 7.51. The lowest BCUT2D eigenvalue weighted by molar-refractivity contribution is -0.697. The van der Waals surface area contributed by atoms with E-state index in [0.29, 0.717) is 12.2 Å². The van der Waals surface area contributed by atoms with Gasteiger partial charge in [-0.2, -0.15) is 0 Å². The van der Waals surface area contributed by atoms with Gasteiger partial charge in [0.25, 0.3) is 0 Å². The average Bonchev–Trinajstić information content (AvgIpc) is 2.75. The first-order valence-electron chi connectivity index (χ1n) is 11.1. The summed E-state index contributed by atoms with van der Waals surface area (Å²) in [6.45, 7) is 4.73. The van der Waals surface area contributed by atoms with Crippen LogP contribution in [-0.2, 0) is 11.1 Å². The lowest BCUT2D eigenvalue weighted by Crippen LogP contribution is -3.00. The molecule has 7 nitrogen and oxygen atoms in total. The van der Waals surface area contributed by atoms with Gasteiger partial charge < -0.3 is 26.8 Å². The summed E-state index contributed by atoms with van der Waals surface area (Å²) in [6.07, 6.45) is 10.1. The Balaban J connectivity index is 0.00000385. The van der Waals surface area contributed by atoms with Crippen molar-refractivity contribution in [1.29, 1.82) is 0 Å². The first-order valence-corrected chi connectivity index (χ1v) is 12.9. The van der Waals surface area contributed by atoms with Crippen molar-refractivity contribution in [2.24, 2.45) is 0 Å². The van der Waals surface area contributed by atoms with E-state index in [1.807, 2.05) is 26.0 Å². The van der Waals surface area contributed by atoms with Gasteiger partial charge in [-0.1, -0.05) is 43.5 Å². The zero-order valence-corrected chi connectivity index (χ0v) is 21.7. The maximum absolute atomic E-state index is 10.8. The monoisotopic (exact) mass is 534 g/mol. The fourth-order valence-corrected chi connectivity index (χ4v) is 4.31. The molecule has 0 unspecified atom stereocenters. The molecule has 0 fully saturated rings. The molecule has 0 aliphatic heterocycles. The van der Waals surface area contributed by atoms with Crippen LogP contribution in [0.4, 0.5) is 0 Å². The van der Waals surface area contributed by atoms with Crippen molar-refractivity contribution in [2.75, 3.05) is 6.16 Å². The normalized spacial score (nSPS) is 11.3. The van der Waals surface area contributed by atoms with Gasteiger partial charge in [0, 0.05) is 30.3 Å². The van der Waals surface area contributed by atoms with Crippen LogP contribution in [0.1, 0.15) is 50.2 Å². The minimum Gasteiger partial charge on any atom is -1.00 e. The number of aryl methyl sites for hydroxylation is 3. The fraction of sp³-hybridized carbons (Fsp3) is 0.417. The Hall–Kier alpha value is -1.99. The molecule has 2 aromatic heterocycles. The topological polar surface area (TPSA) is 100 Å². The van der Waals surface area contributed by atoms with Crippen molar-refractivity contribution in [2.45, 2.75) is 58.9 Å². The minimum absolute atomic E-state index is 0. The SMILES string of the molecule is Cc1nc(C)nc(-c2ccc(-c3cc[n+](CCCCCCCCP(=O)(O)O)cc3)cc2)n1.[Br-]. The van der Waals surface area contributed by atoms with Crippen molar-refractivity contribution in [1.82, 2.24) is 15.0 Å². The van der Waals surface area contributed by atoms with Gasteiger partial charge in [-0.05, 0) is 37.8 Å². The van der Waals surface area contributed by atoms with Crippen LogP contribution < -0.4 is 21.5 Å². The number of benzene rings is 1. The second kappa shape index (κ2) is 13.0.